The molecule has 4 nitrogen and oxygen atoms in total. The first kappa shape index (κ1) is 44.0. The van der Waals surface area contributed by atoms with E-state index in [0.29, 0.717) is 0 Å². The predicted octanol–water partition coefficient (Wildman–Crippen LogP) is 14.8. The minimum absolute atomic E-state index is 0.726. The largest absolute Gasteiger partial charge is 0.228 e. The lowest BCUT2D eigenvalue weighted by atomic mass is 9.94. The fourth-order valence-electron chi connectivity index (χ4n) is 12.2. The summed E-state index contributed by atoms with van der Waals surface area (Å²) in [4.78, 5) is 22.4. The highest BCUT2D eigenvalue weighted by Gasteiger charge is 2.44. The lowest BCUT2D eigenvalue weighted by Gasteiger charge is -2.23. The summed E-state index contributed by atoms with van der Waals surface area (Å²) in [6.45, 7) is 9.88. The predicted molar refractivity (Wildman–Crippen MR) is 315 cm³/mol. The summed E-state index contributed by atoms with van der Waals surface area (Å²) < 4.78 is 0. The van der Waals surface area contributed by atoms with E-state index in [1.807, 2.05) is 0 Å². The van der Waals surface area contributed by atoms with Crippen LogP contribution in [0.25, 0.3) is 123 Å². The molecule has 350 valence electrons. The summed E-state index contributed by atoms with van der Waals surface area (Å²) >= 11 is 0. The molecule has 0 radical (unpaired) electrons. The maximum Gasteiger partial charge on any atom is 0.160 e. The van der Waals surface area contributed by atoms with Crippen molar-refractivity contribution in [3.05, 3.63) is 231 Å². The molecular weight excluding hydrogens is 929 g/mol. The van der Waals surface area contributed by atoms with Crippen LogP contribution in [0.4, 0.5) is 0 Å². The molecular formula is C68H50N4Si2. The SMILES string of the molecule is C[Si]1(C)c2ccc3ccccc3c2-c2nc(-c3cc(-c4ccccc4)cc(-c4ccc(-c5nc(-c6ccc(-c7ccccc7)cc6)nc6c5[Si](C)(C)c5c-6ccc6ccccc56)cc4)c3)nc(-c3ccccc3)c21. The average molecular weight is 979 g/mol. The summed E-state index contributed by atoms with van der Waals surface area (Å²) in [6.07, 6.45) is 0. The van der Waals surface area contributed by atoms with Gasteiger partial charge in [0.2, 0.25) is 0 Å². The van der Waals surface area contributed by atoms with Gasteiger partial charge in [-0.2, -0.15) is 0 Å². The molecule has 2 aliphatic rings. The highest BCUT2D eigenvalue weighted by molar-refractivity contribution is 7.06. The van der Waals surface area contributed by atoms with E-state index >= 15 is 0 Å². The minimum Gasteiger partial charge on any atom is -0.228 e. The molecule has 0 N–H and O–H groups in total. The number of hydrogen-bond acceptors (Lipinski definition) is 4. The van der Waals surface area contributed by atoms with Gasteiger partial charge in [0, 0.05) is 33.4 Å². The monoisotopic (exact) mass is 978 g/mol. The van der Waals surface area contributed by atoms with E-state index in [1.165, 1.54) is 64.5 Å². The maximum absolute atomic E-state index is 5.67. The zero-order chi connectivity index (χ0) is 49.7. The van der Waals surface area contributed by atoms with Gasteiger partial charge in [-0.15, -0.1) is 0 Å². The Bertz CT molecular complexity index is 4210. The van der Waals surface area contributed by atoms with E-state index in [0.717, 1.165) is 78.9 Å². The van der Waals surface area contributed by atoms with Crippen LogP contribution < -0.4 is 20.7 Å². The molecule has 0 atom stereocenters. The van der Waals surface area contributed by atoms with Crippen LogP contribution in [-0.4, -0.2) is 36.1 Å². The number of rotatable bonds is 7. The first-order valence-corrected chi connectivity index (χ1v) is 31.6. The van der Waals surface area contributed by atoms with Gasteiger partial charge in [-0.05, 0) is 93.9 Å². The van der Waals surface area contributed by atoms with Crippen LogP contribution >= 0.6 is 0 Å². The molecule has 10 aromatic carbocycles. The van der Waals surface area contributed by atoms with E-state index in [9.17, 15) is 0 Å². The first-order chi connectivity index (χ1) is 36.2. The smallest absolute Gasteiger partial charge is 0.160 e. The summed E-state index contributed by atoms with van der Waals surface area (Å²) in [5, 5.41) is 10.5. The molecule has 0 spiro atoms. The number of nitrogens with zero attached hydrogens (tertiary/aromatic N) is 4. The molecule has 0 fully saturated rings. The Morgan fingerprint density at radius 3 is 1.31 bits per heavy atom. The van der Waals surface area contributed by atoms with E-state index in [2.05, 4.69) is 257 Å². The third-order valence-corrected chi connectivity index (χ3v) is 22.8. The molecule has 12 aromatic rings. The number of hydrogen-bond donors (Lipinski definition) is 0. The second kappa shape index (κ2) is 17.0. The van der Waals surface area contributed by atoms with Gasteiger partial charge < -0.3 is 0 Å². The third kappa shape index (κ3) is 7.01. The molecule has 0 amide bonds. The number of aromatic nitrogens is 4. The first-order valence-electron chi connectivity index (χ1n) is 25.6. The Balaban J connectivity index is 0.934. The van der Waals surface area contributed by atoms with Crippen LogP contribution in [0, 0.1) is 0 Å². The molecule has 6 heteroatoms. The van der Waals surface area contributed by atoms with Gasteiger partial charge in [0.15, 0.2) is 11.6 Å². The van der Waals surface area contributed by atoms with Crippen LogP contribution in [0.1, 0.15) is 0 Å². The zero-order valence-electron chi connectivity index (χ0n) is 41.7. The Hall–Kier alpha value is -8.69. The summed E-state index contributed by atoms with van der Waals surface area (Å²) in [7, 11) is -4.56. The molecule has 2 aromatic heterocycles. The van der Waals surface area contributed by atoms with Crippen LogP contribution in [0.2, 0.25) is 26.2 Å². The van der Waals surface area contributed by atoms with Crippen LogP contribution in [0.5, 0.6) is 0 Å². The van der Waals surface area contributed by atoms with Gasteiger partial charge in [-0.25, -0.2) is 19.9 Å². The van der Waals surface area contributed by atoms with E-state index < -0.39 is 16.1 Å². The van der Waals surface area contributed by atoms with Crippen LogP contribution in [-0.2, 0) is 0 Å². The molecule has 2 aliphatic heterocycles. The van der Waals surface area contributed by atoms with Gasteiger partial charge in [0.05, 0.1) is 22.8 Å². The van der Waals surface area contributed by atoms with Crippen LogP contribution in [0.15, 0.2) is 231 Å². The molecule has 0 saturated carbocycles. The third-order valence-electron chi connectivity index (χ3n) is 15.8. The fourth-order valence-corrected chi connectivity index (χ4v) is 19.0. The van der Waals surface area contributed by atoms with Crippen molar-refractivity contribution >= 4 is 58.4 Å². The van der Waals surface area contributed by atoms with E-state index in [1.54, 1.807) is 0 Å². The summed E-state index contributed by atoms with van der Waals surface area (Å²) in [5.74, 6) is 1.46. The molecule has 0 bridgehead atoms. The van der Waals surface area contributed by atoms with Gasteiger partial charge in [0.1, 0.15) is 16.1 Å². The summed E-state index contributed by atoms with van der Waals surface area (Å²) in [5.41, 5.74) is 17.7. The van der Waals surface area contributed by atoms with Crippen molar-refractivity contribution in [2.45, 2.75) is 26.2 Å². The Labute approximate surface area is 433 Å². The second-order valence-electron chi connectivity index (χ2n) is 21.0. The van der Waals surface area contributed by atoms with E-state index in [-0.39, 0.29) is 0 Å². The maximum atomic E-state index is 5.67. The fraction of sp³-hybridized carbons (Fsp3) is 0.0588. The Kier molecular flexibility index (Phi) is 10.1. The van der Waals surface area contributed by atoms with Crippen molar-refractivity contribution in [3.63, 3.8) is 0 Å². The van der Waals surface area contributed by atoms with Crippen molar-refractivity contribution in [2.24, 2.45) is 0 Å². The number of fused-ring (bicyclic) bond motifs is 10. The Morgan fingerprint density at radius 2 is 0.676 bits per heavy atom. The van der Waals surface area contributed by atoms with Crippen molar-refractivity contribution < 1.29 is 0 Å². The molecule has 0 saturated heterocycles. The van der Waals surface area contributed by atoms with Gasteiger partial charge in [-0.1, -0.05) is 239 Å². The van der Waals surface area contributed by atoms with Crippen LogP contribution in [0.3, 0.4) is 0 Å². The minimum atomic E-state index is -2.34. The van der Waals surface area contributed by atoms with Crippen molar-refractivity contribution in [1.82, 2.24) is 19.9 Å². The topological polar surface area (TPSA) is 51.6 Å². The lowest BCUT2D eigenvalue weighted by Crippen LogP contribution is -2.50. The van der Waals surface area contributed by atoms with Gasteiger partial charge in [-0.3, -0.25) is 0 Å². The summed E-state index contributed by atoms with van der Waals surface area (Å²) in [6, 6.07) is 83.4. The highest BCUT2D eigenvalue weighted by atomic mass is 28.3. The van der Waals surface area contributed by atoms with E-state index in [4.69, 9.17) is 19.9 Å². The molecule has 4 heterocycles. The second-order valence-corrected chi connectivity index (χ2v) is 29.5. The normalized spacial score (nSPS) is 13.6. The standard InChI is InChI=1S/C68H50N4Si2/c1-73(2)58-39-37-47-22-14-16-26-55(47)59(58)63-66(73)60(49-24-12-7-13-25-49)70-68(72-63)54-41-52(44-20-10-6-11-21-44)40-53(42-54)46-28-32-50(33-29-46)61-65-62(57-38-36-48-23-15-17-27-56(48)64(57)74(65,3)4)71-67(69-61)51-34-30-45(31-35-51)43-18-8-5-9-19-43/h5-42H,1-4H3. The molecule has 74 heavy (non-hydrogen) atoms. The highest BCUT2D eigenvalue weighted by Crippen LogP contribution is 2.41. The quantitative estimate of drug-likeness (QED) is 0.149. The van der Waals surface area contributed by atoms with Crippen molar-refractivity contribution in [2.75, 3.05) is 0 Å². The lowest BCUT2D eigenvalue weighted by molar-refractivity contribution is 1.20. The van der Waals surface area contributed by atoms with Gasteiger partial charge >= 0.3 is 0 Å². The molecule has 0 unspecified atom stereocenters. The van der Waals surface area contributed by atoms with Crippen molar-refractivity contribution in [3.8, 4) is 101 Å². The Morgan fingerprint density at radius 1 is 0.270 bits per heavy atom. The van der Waals surface area contributed by atoms with Gasteiger partial charge in [0.25, 0.3) is 0 Å². The zero-order valence-corrected chi connectivity index (χ0v) is 43.7. The molecule has 14 rings (SSSR count). The number of benzene rings is 10. The van der Waals surface area contributed by atoms with Crippen molar-refractivity contribution in [1.29, 1.82) is 0 Å². The molecule has 0 aliphatic carbocycles. The average Bonchev–Trinajstić information content (AvgIpc) is 3.95.